The first kappa shape index (κ1) is 78.6. The Hall–Kier alpha value is -7.86. The number of nitrogens with two attached hydrogens (primary N) is 1. The van der Waals surface area contributed by atoms with Crippen molar-refractivity contribution in [3.8, 4) is 0 Å². The Morgan fingerprint density at radius 1 is 0.319 bits per heavy atom. The Morgan fingerprint density at radius 3 is 0.830 bits per heavy atom. The zero-order valence-electron chi connectivity index (χ0n) is 53.4. The van der Waals surface area contributed by atoms with Gasteiger partial charge in [0.15, 0.2) is 85.8 Å². The van der Waals surface area contributed by atoms with Crippen LogP contribution in [-0.4, -0.2) is 262 Å². The molecule has 39 heteroatoms. The van der Waals surface area contributed by atoms with Gasteiger partial charge in [-0.1, -0.05) is 0 Å². The molecule has 0 spiro atoms. The summed E-state index contributed by atoms with van der Waals surface area (Å²) in [6, 6.07) is -1.51. The van der Waals surface area contributed by atoms with Gasteiger partial charge in [0.25, 0.3) is 0 Å². The van der Waals surface area contributed by atoms with Crippen LogP contribution < -0.4 is 5.73 Å². The predicted molar refractivity (Wildman–Crippen MR) is 289 cm³/mol. The maximum Gasteiger partial charge on any atom is 0.303 e. The lowest BCUT2D eigenvalue weighted by atomic mass is 9.93. The van der Waals surface area contributed by atoms with Crippen molar-refractivity contribution in [1.82, 2.24) is 0 Å². The highest BCUT2D eigenvalue weighted by atomic mass is 16.8. The molecule has 4 fully saturated rings. The van der Waals surface area contributed by atoms with Gasteiger partial charge in [0.1, 0.15) is 38.6 Å². The molecular weight excluding hydrogens is 1280 g/mol. The van der Waals surface area contributed by atoms with Gasteiger partial charge in [0.05, 0.1) is 19.3 Å². The molecule has 530 valence electrons. The molecule has 0 aromatic carbocycles. The highest BCUT2D eigenvalue weighted by molar-refractivity contribution is 5.71. The van der Waals surface area contributed by atoms with Gasteiger partial charge >= 0.3 is 83.6 Å². The fourth-order valence-electron chi connectivity index (χ4n) is 9.76. The Bertz CT molecular complexity index is 2580. The molecule has 94 heavy (non-hydrogen) atoms. The predicted octanol–water partition coefficient (Wildman–Crippen LogP) is -3.77. The second kappa shape index (κ2) is 35.0. The van der Waals surface area contributed by atoms with Crippen molar-refractivity contribution in [2.45, 2.75) is 225 Å². The monoisotopic (exact) mass is 1360 g/mol. The third kappa shape index (κ3) is 22.7. The van der Waals surface area contributed by atoms with Gasteiger partial charge < -0.3 is 120 Å². The molecule has 0 amide bonds. The molecule has 0 bridgehead atoms. The van der Waals surface area contributed by atoms with Crippen molar-refractivity contribution in [2.75, 3.05) is 39.6 Å². The quantitative estimate of drug-likeness (QED) is 0.0384. The van der Waals surface area contributed by atoms with Crippen molar-refractivity contribution in [3.63, 3.8) is 0 Å². The number of carbonyl (C=O) groups excluding carboxylic acids is 14. The molecule has 0 saturated carbocycles. The number of hydrogen-bond donors (Lipinski definition) is 3. The summed E-state index contributed by atoms with van der Waals surface area (Å²) in [5.41, 5.74) is 6.51. The summed E-state index contributed by atoms with van der Waals surface area (Å²) in [6.07, 6.45) is -37.3. The largest absolute Gasteiger partial charge is 0.463 e. The van der Waals surface area contributed by atoms with Crippen LogP contribution in [0.1, 0.15) is 96.9 Å². The molecule has 4 aliphatic rings. The number of hydrogen-bond acceptors (Lipinski definition) is 39. The lowest BCUT2D eigenvalue weighted by Gasteiger charge is -2.52. The summed E-state index contributed by atoms with van der Waals surface area (Å²) >= 11 is 0. The average Bonchev–Trinajstić information content (AvgIpc) is 0.750. The molecular formula is C55H77NO38. The zero-order valence-corrected chi connectivity index (χ0v) is 53.4. The van der Waals surface area contributed by atoms with Gasteiger partial charge in [0, 0.05) is 96.9 Å². The Labute approximate surface area is 534 Å². The van der Waals surface area contributed by atoms with Crippen LogP contribution >= 0.6 is 0 Å². The summed E-state index contributed by atoms with van der Waals surface area (Å²) in [5.74, 6) is -21.9. The maximum atomic E-state index is 13.1. The van der Waals surface area contributed by atoms with Crippen LogP contribution in [0.3, 0.4) is 0 Å². The Kier molecular flexibility index (Phi) is 29.3. The standard InChI is InChI=1S/C55H77NO38/c1-21(57)73-17-36-40(79-25(5)61)42(81-27(7)63)44(83-29(9)65)52(89-36)93-54(71)38(19-75-23(3)59)91-50(46(85-31(11)67)48(54)87-33(13)69)77-15-35(56)16-78-51-47(86-32(12)68)49(88-34(14)70)55(72,39(92-51)20-76-24(4)60)94-53-45(84-30(10)66)43(82-28(8)64)41(80-26(6)62)37(90-53)18-74-22(2)58/h35-53,71-72H,15-20,56H2,1-14H3/t36-,37-,38-,39-,40-,41-,42+,43+,44-,45-,46-,47-,48-,49-,50-,51-,52-,53-,54-,55-/m1/s1. The second-order valence-corrected chi connectivity index (χ2v) is 21.1. The minimum Gasteiger partial charge on any atom is -0.463 e. The van der Waals surface area contributed by atoms with Crippen molar-refractivity contribution >= 4 is 83.6 Å². The van der Waals surface area contributed by atoms with Gasteiger partial charge in [-0.2, -0.15) is 0 Å². The molecule has 4 saturated heterocycles. The molecule has 4 heterocycles. The van der Waals surface area contributed by atoms with Gasteiger partial charge in [-0.3, -0.25) is 67.1 Å². The van der Waals surface area contributed by atoms with Gasteiger partial charge in [-0.25, -0.2) is 0 Å². The third-order valence-corrected chi connectivity index (χ3v) is 13.0. The fourth-order valence-corrected chi connectivity index (χ4v) is 9.76. The van der Waals surface area contributed by atoms with Crippen LogP contribution in [0.4, 0.5) is 0 Å². The molecule has 0 aromatic rings. The number of ether oxygens (including phenoxy) is 22. The van der Waals surface area contributed by atoms with E-state index in [9.17, 15) is 77.3 Å². The molecule has 4 rings (SSSR count). The SMILES string of the molecule is CC(=O)OC[C@H]1O[C@H](O[C@@]2(O)[C@H](OC(C)=O)[C@@H](OC(C)=O)[C@H](OCC(N)CO[C@@H]3O[C@H](COC(C)=O)[C@@](O)(O[C@H]4O[C@H](COC(C)=O)[C@@H](OC(C)=O)[C@H](OC(C)=O)[C@H]4OC(C)=O)[C@H](OC(C)=O)[C@H]3OC(C)=O)O[C@@H]2COC(C)=O)[C@H](OC(C)=O)[C@@H](OC(C)=O)[C@@H]1OC(C)=O. The van der Waals surface area contributed by atoms with Gasteiger partial charge in [-0.15, -0.1) is 0 Å². The van der Waals surface area contributed by atoms with Crippen molar-refractivity contribution in [2.24, 2.45) is 5.73 Å². The van der Waals surface area contributed by atoms with Crippen molar-refractivity contribution in [1.29, 1.82) is 0 Å². The molecule has 0 radical (unpaired) electrons. The van der Waals surface area contributed by atoms with E-state index in [0.29, 0.717) is 0 Å². The summed E-state index contributed by atoms with van der Waals surface area (Å²) in [6.45, 7) is 7.20. The summed E-state index contributed by atoms with van der Waals surface area (Å²) in [7, 11) is 0. The highest BCUT2D eigenvalue weighted by Gasteiger charge is 2.67. The lowest BCUT2D eigenvalue weighted by Crippen LogP contribution is -2.73. The molecule has 0 aliphatic carbocycles. The van der Waals surface area contributed by atoms with E-state index in [1.807, 2.05) is 0 Å². The smallest absolute Gasteiger partial charge is 0.303 e. The molecule has 4 aliphatic heterocycles. The Morgan fingerprint density at radius 2 is 0.564 bits per heavy atom. The fraction of sp³-hybridized carbons (Fsp3) is 0.745. The van der Waals surface area contributed by atoms with E-state index in [1.54, 1.807) is 0 Å². The van der Waals surface area contributed by atoms with Gasteiger partial charge in [0.2, 0.25) is 24.2 Å². The van der Waals surface area contributed by atoms with E-state index in [2.05, 4.69) is 0 Å². The normalized spacial score (nSPS) is 32.4. The van der Waals surface area contributed by atoms with Crippen LogP contribution in [0, 0.1) is 0 Å². The molecule has 0 aromatic heterocycles. The first-order valence-electron chi connectivity index (χ1n) is 28.4. The number of rotatable bonds is 28. The van der Waals surface area contributed by atoms with Crippen LogP contribution in [0.2, 0.25) is 0 Å². The van der Waals surface area contributed by atoms with E-state index in [-0.39, 0.29) is 0 Å². The average molecular weight is 1360 g/mol. The topological polar surface area (TPSA) is 509 Å². The molecule has 4 N–H and O–H groups in total. The van der Waals surface area contributed by atoms with Crippen LogP contribution in [0.25, 0.3) is 0 Å². The minimum absolute atomic E-state index is 0.804. The van der Waals surface area contributed by atoms with E-state index in [4.69, 9.17) is 110 Å². The molecule has 39 nitrogen and oxygen atoms in total. The van der Waals surface area contributed by atoms with E-state index in [1.165, 1.54) is 0 Å². The first-order valence-corrected chi connectivity index (χ1v) is 28.4. The number of aliphatic hydroxyl groups is 2. The molecule has 20 atom stereocenters. The van der Waals surface area contributed by atoms with Crippen molar-refractivity contribution < 1.29 is 182 Å². The number of carbonyl (C=O) groups is 14. The maximum absolute atomic E-state index is 13.1. The molecule has 0 unspecified atom stereocenters. The van der Waals surface area contributed by atoms with Crippen LogP contribution in [0.5, 0.6) is 0 Å². The lowest BCUT2D eigenvalue weighted by molar-refractivity contribution is -0.441. The minimum atomic E-state index is -3.36. The summed E-state index contributed by atoms with van der Waals surface area (Å²) in [5, 5.41) is 25.8. The Balaban J connectivity index is 1.80. The second-order valence-electron chi connectivity index (χ2n) is 21.1. The van der Waals surface area contributed by atoms with Gasteiger partial charge in [-0.05, 0) is 0 Å². The van der Waals surface area contributed by atoms with E-state index < -0.39 is 251 Å². The van der Waals surface area contributed by atoms with Crippen LogP contribution in [0.15, 0.2) is 0 Å². The third-order valence-electron chi connectivity index (χ3n) is 13.0. The zero-order chi connectivity index (χ0) is 70.9. The van der Waals surface area contributed by atoms with Crippen molar-refractivity contribution in [3.05, 3.63) is 0 Å². The van der Waals surface area contributed by atoms with Crippen LogP contribution in [-0.2, 0) is 171 Å². The first-order chi connectivity index (χ1) is 43.8. The van der Waals surface area contributed by atoms with E-state index in [0.717, 1.165) is 96.9 Å². The van der Waals surface area contributed by atoms with E-state index >= 15 is 0 Å². The summed E-state index contributed by atoms with van der Waals surface area (Å²) in [4.78, 5) is 177. The number of esters is 14. The summed E-state index contributed by atoms with van der Waals surface area (Å²) < 4.78 is 124. The highest BCUT2D eigenvalue weighted by Crippen LogP contribution is 2.43.